The predicted molar refractivity (Wildman–Crippen MR) is 111 cm³/mol. The van der Waals surface area contributed by atoms with Crippen molar-refractivity contribution < 1.29 is 22.3 Å². The van der Waals surface area contributed by atoms with Crippen LogP contribution in [0.3, 0.4) is 0 Å². The first-order chi connectivity index (χ1) is 13.6. The van der Waals surface area contributed by atoms with Gasteiger partial charge in [-0.05, 0) is 62.2 Å². The summed E-state index contributed by atoms with van der Waals surface area (Å²) in [5.74, 6) is 0.414. The average molecular weight is 428 g/mol. The van der Waals surface area contributed by atoms with Crippen LogP contribution in [-0.4, -0.2) is 42.9 Å². The van der Waals surface area contributed by atoms with Crippen molar-refractivity contribution in [2.24, 2.45) is 4.99 Å². The molecule has 0 bridgehead atoms. The molecule has 0 radical (unpaired) electrons. The van der Waals surface area contributed by atoms with E-state index in [9.17, 15) is 17.6 Å². The van der Waals surface area contributed by atoms with Crippen LogP contribution < -0.4 is 4.74 Å². The van der Waals surface area contributed by atoms with Crippen LogP contribution in [0.4, 0.5) is 23.2 Å². The molecule has 0 aliphatic carbocycles. The molecule has 0 heterocycles. The van der Waals surface area contributed by atoms with Crippen LogP contribution in [0.1, 0.15) is 18.1 Å². The van der Waals surface area contributed by atoms with Gasteiger partial charge in [0.05, 0.1) is 12.0 Å². The molecule has 0 fully saturated rings. The van der Waals surface area contributed by atoms with E-state index < -0.39 is 18.1 Å². The van der Waals surface area contributed by atoms with Gasteiger partial charge in [0.15, 0.2) is 0 Å². The first kappa shape index (κ1) is 23.1. The summed E-state index contributed by atoms with van der Waals surface area (Å²) in [5.41, 5.74) is 2.64. The van der Waals surface area contributed by atoms with Crippen molar-refractivity contribution in [3.05, 3.63) is 47.5 Å². The van der Waals surface area contributed by atoms with Crippen molar-refractivity contribution in [1.29, 1.82) is 0 Å². The van der Waals surface area contributed by atoms with Crippen molar-refractivity contribution in [3.8, 4) is 11.5 Å². The van der Waals surface area contributed by atoms with Gasteiger partial charge in [0.1, 0.15) is 11.5 Å². The molecule has 2 rings (SSSR count). The lowest BCUT2D eigenvalue weighted by Gasteiger charge is -2.14. The minimum atomic E-state index is -4.84. The largest absolute Gasteiger partial charge is 0.457 e. The number of aliphatic imine (C=N–C) groups is 1. The summed E-state index contributed by atoms with van der Waals surface area (Å²) in [5, 5.41) is 0. The molecule has 0 saturated carbocycles. The molecule has 0 amide bonds. The van der Waals surface area contributed by atoms with Crippen molar-refractivity contribution in [2.75, 3.05) is 19.3 Å². The molecule has 0 aliphatic rings. The van der Waals surface area contributed by atoms with Crippen molar-refractivity contribution in [3.63, 3.8) is 0 Å². The van der Waals surface area contributed by atoms with Crippen molar-refractivity contribution in [1.82, 2.24) is 4.90 Å². The summed E-state index contributed by atoms with van der Waals surface area (Å²) in [4.78, 5) is 6.94. The number of hydrogen-bond donors (Lipinski definition) is 0. The Kier molecular flexibility index (Phi) is 7.96. The summed E-state index contributed by atoms with van der Waals surface area (Å²) < 4.78 is 56.0. The maximum absolute atomic E-state index is 13.1. The lowest BCUT2D eigenvalue weighted by atomic mass is 10.1. The highest BCUT2D eigenvalue weighted by atomic mass is 32.2. The minimum Gasteiger partial charge on any atom is -0.457 e. The molecule has 1 unspecified atom stereocenters. The average Bonchev–Trinajstić information content (AvgIpc) is 2.66. The van der Waals surface area contributed by atoms with E-state index in [2.05, 4.69) is 4.99 Å². The molecule has 0 N–H and O–H groups in total. The zero-order chi connectivity index (χ0) is 21.6. The van der Waals surface area contributed by atoms with E-state index in [1.165, 1.54) is 0 Å². The molecule has 2 aromatic rings. The topological polar surface area (TPSA) is 24.8 Å². The first-order valence-corrected chi connectivity index (χ1v) is 10.1. The fourth-order valence-electron chi connectivity index (χ4n) is 2.28. The van der Waals surface area contributed by atoms with Gasteiger partial charge in [-0.25, -0.2) is 9.38 Å². The number of rotatable bonds is 8. The van der Waals surface area contributed by atoms with Gasteiger partial charge < -0.3 is 9.64 Å². The molecule has 29 heavy (non-hydrogen) atoms. The van der Waals surface area contributed by atoms with Crippen LogP contribution in [0.5, 0.6) is 11.5 Å². The van der Waals surface area contributed by atoms with E-state index in [1.54, 1.807) is 30.6 Å². The van der Waals surface area contributed by atoms with Gasteiger partial charge in [-0.1, -0.05) is 6.07 Å². The second-order valence-electron chi connectivity index (χ2n) is 6.62. The predicted octanol–water partition coefficient (Wildman–Crippen LogP) is 6.70. The quantitative estimate of drug-likeness (QED) is 0.202. The highest BCUT2D eigenvalue weighted by Crippen LogP contribution is 2.34. The molecule has 158 valence electrons. The van der Waals surface area contributed by atoms with E-state index in [0.717, 1.165) is 35.1 Å². The molecular weight excluding hydrogens is 404 g/mol. The molecule has 2 aromatic carbocycles. The van der Waals surface area contributed by atoms with Crippen LogP contribution in [-0.2, 0) is 0 Å². The zero-order valence-electron chi connectivity index (χ0n) is 16.8. The lowest BCUT2D eigenvalue weighted by molar-refractivity contribution is -0.173. The van der Waals surface area contributed by atoms with Crippen LogP contribution in [0.15, 0.2) is 46.3 Å². The van der Waals surface area contributed by atoms with E-state index >= 15 is 0 Å². The number of alkyl halides is 4. The second-order valence-corrected chi connectivity index (χ2v) is 7.71. The molecule has 0 aliphatic heterocycles. The summed E-state index contributed by atoms with van der Waals surface area (Å²) >= 11 is 0.803. The van der Waals surface area contributed by atoms with Gasteiger partial charge in [0.2, 0.25) is 6.17 Å². The van der Waals surface area contributed by atoms with Crippen LogP contribution in [0.2, 0.25) is 0 Å². The van der Waals surface area contributed by atoms with E-state index in [0.29, 0.717) is 16.4 Å². The SMILES string of the molecule is CCN(C)C=Nc1cc(C)c(Oc2cccc(SCC(F)C(F)(F)F)c2)cc1C. The van der Waals surface area contributed by atoms with Crippen LogP contribution >= 0.6 is 11.8 Å². The van der Waals surface area contributed by atoms with E-state index in [-0.39, 0.29) is 0 Å². The van der Waals surface area contributed by atoms with Gasteiger partial charge in [-0.3, -0.25) is 0 Å². The van der Waals surface area contributed by atoms with Gasteiger partial charge in [0.25, 0.3) is 0 Å². The Bertz CT molecular complexity index is 855. The highest BCUT2D eigenvalue weighted by Gasteiger charge is 2.39. The maximum Gasteiger partial charge on any atom is 0.420 e. The van der Waals surface area contributed by atoms with Gasteiger partial charge in [-0.2, -0.15) is 13.2 Å². The third kappa shape index (κ3) is 6.96. The van der Waals surface area contributed by atoms with Crippen LogP contribution in [0.25, 0.3) is 0 Å². The second kappa shape index (κ2) is 10.0. The smallest absolute Gasteiger partial charge is 0.420 e. The number of thioether (sulfide) groups is 1. The number of nitrogens with zero attached hydrogens (tertiary/aromatic N) is 2. The van der Waals surface area contributed by atoms with E-state index in [4.69, 9.17) is 4.74 Å². The molecule has 0 spiro atoms. The summed E-state index contributed by atoms with van der Waals surface area (Å²) in [7, 11) is 1.94. The van der Waals surface area contributed by atoms with Crippen molar-refractivity contribution in [2.45, 2.75) is 38.0 Å². The summed E-state index contributed by atoms with van der Waals surface area (Å²) in [6.07, 6.45) is -5.93. The molecular formula is C21H24F4N2OS. The Labute approximate surface area is 172 Å². The molecule has 3 nitrogen and oxygen atoms in total. The van der Waals surface area contributed by atoms with E-state index in [1.807, 2.05) is 44.9 Å². The highest BCUT2D eigenvalue weighted by molar-refractivity contribution is 7.99. The third-order valence-corrected chi connectivity index (χ3v) is 5.22. The Morgan fingerprint density at radius 3 is 2.55 bits per heavy atom. The van der Waals surface area contributed by atoms with Crippen molar-refractivity contribution >= 4 is 23.8 Å². The zero-order valence-corrected chi connectivity index (χ0v) is 17.6. The third-order valence-electron chi connectivity index (χ3n) is 4.17. The lowest BCUT2D eigenvalue weighted by Crippen LogP contribution is -2.26. The Hall–Kier alpha value is -2.22. The molecule has 0 saturated heterocycles. The normalized spacial score (nSPS) is 13.0. The van der Waals surface area contributed by atoms with Gasteiger partial charge in [0, 0.05) is 24.2 Å². The number of hydrogen-bond acceptors (Lipinski definition) is 3. The number of aryl methyl sites for hydroxylation is 2. The Balaban J connectivity index is 2.12. The molecule has 8 heteroatoms. The summed E-state index contributed by atoms with van der Waals surface area (Å²) in [6, 6.07) is 10.4. The number of halogens is 4. The first-order valence-electron chi connectivity index (χ1n) is 9.07. The Morgan fingerprint density at radius 2 is 1.90 bits per heavy atom. The van der Waals surface area contributed by atoms with Crippen LogP contribution in [0, 0.1) is 13.8 Å². The fraction of sp³-hybridized carbons (Fsp3) is 0.381. The number of benzene rings is 2. The van der Waals surface area contributed by atoms with Gasteiger partial charge >= 0.3 is 6.18 Å². The molecule has 0 aromatic heterocycles. The number of ether oxygens (including phenoxy) is 1. The molecule has 1 atom stereocenters. The maximum atomic E-state index is 13.1. The monoisotopic (exact) mass is 428 g/mol. The van der Waals surface area contributed by atoms with Gasteiger partial charge in [-0.15, -0.1) is 11.8 Å². The fourth-order valence-corrected chi connectivity index (χ4v) is 3.19. The minimum absolute atomic E-state index is 0.474. The summed E-state index contributed by atoms with van der Waals surface area (Å²) in [6.45, 7) is 6.70. The standard InChI is InChI=1S/C21H24F4N2OS/c1-5-27(4)13-26-18-9-15(3)19(10-14(18)2)28-16-7-6-8-17(11-16)29-12-20(22)21(23,24)25/h6-11,13,20H,5,12H2,1-4H3. The Morgan fingerprint density at radius 1 is 1.17 bits per heavy atom.